The van der Waals surface area contributed by atoms with Gasteiger partial charge in [0, 0.05) is 10.6 Å². The van der Waals surface area contributed by atoms with Gasteiger partial charge < -0.3 is 0 Å². The molecule has 0 aliphatic heterocycles. The van der Waals surface area contributed by atoms with Gasteiger partial charge in [0.15, 0.2) is 0 Å². The van der Waals surface area contributed by atoms with Crippen LogP contribution in [0.4, 0.5) is 0 Å². The number of thioether (sulfide) groups is 1. The Morgan fingerprint density at radius 3 is 3.08 bits per heavy atom. The van der Waals surface area contributed by atoms with E-state index in [1.807, 2.05) is 11.3 Å². The Morgan fingerprint density at radius 2 is 2.54 bits per heavy atom. The monoisotopic (exact) mass is 211 g/mol. The molecular formula is C10H13NS2. The first-order chi connectivity index (χ1) is 6.38. The van der Waals surface area contributed by atoms with Crippen LogP contribution in [0.2, 0.25) is 0 Å². The molecule has 1 aromatic heterocycles. The summed E-state index contributed by atoms with van der Waals surface area (Å²) in [5, 5.41) is 12.6. The number of nitrogens with zero attached hydrogens (tertiary/aromatic N) is 1. The maximum atomic E-state index is 8.40. The van der Waals surface area contributed by atoms with E-state index in [1.54, 1.807) is 0 Å². The second kappa shape index (κ2) is 6.06. The van der Waals surface area contributed by atoms with E-state index >= 15 is 0 Å². The zero-order chi connectivity index (χ0) is 9.52. The number of hydrogen-bond donors (Lipinski definition) is 0. The molecule has 0 amide bonds. The van der Waals surface area contributed by atoms with Crippen LogP contribution in [0.1, 0.15) is 30.6 Å². The molecule has 0 aromatic carbocycles. The summed E-state index contributed by atoms with van der Waals surface area (Å²) in [5.74, 6) is 1.60. The van der Waals surface area contributed by atoms with E-state index in [0.29, 0.717) is 5.92 Å². The van der Waals surface area contributed by atoms with Gasteiger partial charge in [-0.15, -0.1) is 11.3 Å². The minimum absolute atomic E-state index is 0.654. The highest BCUT2D eigenvalue weighted by molar-refractivity contribution is 8.03. The third-order valence-electron chi connectivity index (χ3n) is 2.07. The Balaban J connectivity index is 2.41. The Morgan fingerprint density at radius 1 is 1.69 bits per heavy atom. The van der Waals surface area contributed by atoms with Crippen molar-refractivity contribution in [2.75, 3.05) is 5.75 Å². The van der Waals surface area contributed by atoms with Crippen LogP contribution in [-0.4, -0.2) is 5.75 Å². The Bertz CT molecular complexity index is 261. The van der Waals surface area contributed by atoms with Crippen molar-refractivity contribution in [2.24, 2.45) is 0 Å². The average Bonchev–Trinajstić information content (AvgIpc) is 2.65. The molecule has 0 N–H and O–H groups in total. The Labute approximate surface area is 87.8 Å². The fourth-order valence-electron chi connectivity index (χ4n) is 1.32. The normalized spacial score (nSPS) is 12.3. The Kier molecular flexibility index (Phi) is 4.95. The molecule has 13 heavy (non-hydrogen) atoms. The molecule has 70 valence electrons. The number of nitriles is 1. The smallest absolute Gasteiger partial charge is 0.133 e. The maximum absolute atomic E-state index is 8.40. The molecule has 3 heteroatoms. The first-order valence-electron chi connectivity index (χ1n) is 4.42. The van der Waals surface area contributed by atoms with Gasteiger partial charge in [-0.2, -0.15) is 5.26 Å². The van der Waals surface area contributed by atoms with Crippen LogP contribution >= 0.6 is 23.1 Å². The fourth-order valence-corrected chi connectivity index (χ4v) is 2.76. The molecule has 0 fully saturated rings. The lowest BCUT2D eigenvalue weighted by atomic mass is 10.0. The summed E-state index contributed by atoms with van der Waals surface area (Å²) < 4.78 is 0. The molecule has 1 unspecified atom stereocenters. The van der Waals surface area contributed by atoms with Gasteiger partial charge in [0.2, 0.25) is 0 Å². The molecule has 1 heterocycles. The van der Waals surface area contributed by atoms with Crippen LogP contribution in [0, 0.1) is 10.7 Å². The predicted octanol–water partition coefficient (Wildman–Crippen LogP) is 3.85. The van der Waals surface area contributed by atoms with Crippen molar-refractivity contribution in [2.45, 2.75) is 25.7 Å². The average molecular weight is 211 g/mol. The summed E-state index contributed by atoms with van der Waals surface area (Å²) in [6.45, 7) is 2.21. The molecule has 0 spiro atoms. The number of thiocyanates is 1. The quantitative estimate of drug-likeness (QED) is 0.545. The molecule has 1 nitrogen and oxygen atoms in total. The van der Waals surface area contributed by atoms with Crippen LogP contribution in [0.15, 0.2) is 17.5 Å². The van der Waals surface area contributed by atoms with Gasteiger partial charge >= 0.3 is 0 Å². The van der Waals surface area contributed by atoms with E-state index in [9.17, 15) is 0 Å². The number of rotatable bonds is 5. The minimum Gasteiger partial charge on any atom is -0.185 e. The first-order valence-corrected chi connectivity index (χ1v) is 6.29. The Hall–Kier alpha value is -0.460. The SMILES string of the molecule is CCC(CCSC#N)c1cccs1. The van der Waals surface area contributed by atoms with Crippen molar-refractivity contribution in [3.63, 3.8) is 0 Å². The highest BCUT2D eigenvalue weighted by Gasteiger charge is 2.09. The fraction of sp³-hybridized carbons (Fsp3) is 0.500. The molecule has 1 atom stereocenters. The second-order valence-corrected chi connectivity index (χ2v) is 4.71. The van der Waals surface area contributed by atoms with E-state index in [0.717, 1.165) is 12.2 Å². The topological polar surface area (TPSA) is 23.8 Å². The van der Waals surface area contributed by atoms with Crippen LogP contribution in [0.3, 0.4) is 0 Å². The zero-order valence-corrected chi connectivity index (χ0v) is 9.33. The lowest BCUT2D eigenvalue weighted by molar-refractivity contribution is 0.659. The van der Waals surface area contributed by atoms with E-state index in [2.05, 4.69) is 29.8 Å². The summed E-state index contributed by atoms with van der Waals surface area (Å²) >= 11 is 3.18. The maximum Gasteiger partial charge on any atom is 0.133 e. The second-order valence-electron chi connectivity index (χ2n) is 2.85. The van der Waals surface area contributed by atoms with Crippen LogP contribution in [0.5, 0.6) is 0 Å². The lowest BCUT2D eigenvalue weighted by Crippen LogP contribution is -1.95. The lowest BCUT2D eigenvalue weighted by Gasteiger charge is -2.10. The van der Waals surface area contributed by atoms with Gasteiger partial charge in [-0.3, -0.25) is 0 Å². The molecule has 0 aliphatic carbocycles. The highest BCUT2D eigenvalue weighted by atomic mass is 32.2. The van der Waals surface area contributed by atoms with Gasteiger partial charge in [-0.05, 0) is 42.0 Å². The molecule has 0 aliphatic rings. The highest BCUT2D eigenvalue weighted by Crippen LogP contribution is 2.28. The van der Waals surface area contributed by atoms with Crippen molar-refractivity contribution < 1.29 is 0 Å². The van der Waals surface area contributed by atoms with Crippen LogP contribution < -0.4 is 0 Å². The van der Waals surface area contributed by atoms with Gasteiger partial charge in [0.05, 0.1) is 0 Å². The summed E-state index contributed by atoms with van der Waals surface area (Å²) in [7, 11) is 0. The van der Waals surface area contributed by atoms with E-state index < -0.39 is 0 Å². The molecular weight excluding hydrogens is 198 g/mol. The molecule has 0 saturated carbocycles. The molecule has 0 bridgehead atoms. The van der Waals surface area contributed by atoms with Gasteiger partial charge in [-0.25, -0.2) is 0 Å². The number of thiophene rings is 1. The molecule has 1 rings (SSSR count). The molecule has 0 radical (unpaired) electrons. The third-order valence-corrected chi connectivity index (χ3v) is 3.68. The van der Waals surface area contributed by atoms with Crippen molar-refractivity contribution >= 4 is 23.1 Å². The van der Waals surface area contributed by atoms with E-state index in [4.69, 9.17) is 5.26 Å². The summed E-state index contributed by atoms with van der Waals surface area (Å²) in [6.07, 6.45) is 2.29. The summed E-state index contributed by atoms with van der Waals surface area (Å²) in [4.78, 5) is 1.46. The van der Waals surface area contributed by atoms with Gasteiger partial charge in [0.25, 0.3) is 0 Å². The summed E-state index contributed by atoms with van der Waals surface area (Å²) in [5.41, 5.74) is 0. The standard InChI is InChI=1S/C10H13NS2/c1-2-9(5-7-12-8-11)10-4-3-6-13-10/h3-4,6,9H,2,5,7H2,1H3. The van der Waals surface area contributed by atoms with Crippen molar-refractivity contribution in [3.05, 3.63) is 22.4 Å². The van der Waals surface area contributed by atoms with E-state index in [-0.39, 0.29) is 0 Å². The van der Waals surface area contributed by atoms with Crippen LogP contribution in [0.25, 0.3) is 0 Å². The van der Waals surface area contributed by atoms with Crippen LogP contribution in [-0.2, 0) is 0 Å². The van der Waals surface area contributed by atoms with Crippen molar-refractivity contribution in [3.8, 4) is 5.40 Å². The minimum atomic E-state index is 0.654. The zero-order valence-electron chi connectivity index (χ0n) is 7.69. The largest absolute Gasteiger partial charge is 0.185 e. The predicted molar refractivity (Wildman–Crippen MR) is 60.0 cm³/mol. The van der Waals surface area contributed by atoms with Crippen molar-refractivity contribution in [1.29, 1.82) is 5.26 Å². The van der Waals surface area contributed by atoms with Gasteiger partial charge in [-0.1, -0.05) is 13.0 Å². The van der Waals surface area contributed by atoms with Crippen molar-refractivity contribution in [1.82, 2.24) is 0 Å². The molecule has 1 aromatic rings. The third kappa shape index (κ3) is 3.41. The first kappa shape index (κ1) is 10.6. The number of hydrogen-bond acceptors (Lipinski definition) is 3. The summed E-state index contributed by atoms with van der Waals surface area (Å²) in [6, 6.07) is 4.29. The van der Waals surface area contributed by atoms with E-state index in [1.165, 1.54) is 23.1 Å². The molecule has 0 saturated heterocycles. The van der Waals surface area contributed by atoms with Gasteiger partial charge in [0.1, 0.15) is 5.40 Å².